The lowest BCUT2D eigenvalue weighted by Crippen LogP contribution is -2.43. The van der Waals surface area contributed by atoms with Crippen LogP contribution in [-0.2, 0) is 4.74 Å². The molecule has 104 valence electrons. The molecular weight excluding hydrogens is 377 g/mol. The molecule has 0 aromatic heterocycles. The van der Waals surface area contributed by atoms with Gasteiger partial charge in [0.1, 0.15) is 13.2 Å². The predicted molar refractivity (Wildman–Crippen MR) is 61.3 cm³/mol. The highest BCUT2D eigenvalue weighted by Crippen LogP contribution is 2.44. The Labute approximate surface area is 124 Å². The van der Waals surface area contributed by atoms with E-state index in [1.807, 2.05) is 0 Å². The van der Waals surface area contributed by atoms with E-state index in [1.165, 1.54) is 0 Å². The third kappa shape index (κ3) is 5.51. The molecule has 0 N–H and O–H groups in total. The van der Waals surface area contributed by atoms with E-state index >= 15 is 0 Å². The zero-order valence-electron chi connectivity index (χ0n) is 7.60. The van der Waals surface area contributed by atoms with Crippen LogP contribution in [0.25, 0.3) is 0 Å². The highest BCUT2D eigenvalue weighted by atomic mass is 35.6. The van der Waals surface area contributed by atoms with Crippen molar-refractivity contribution in [1.29, 1.82) is 0 Å². The maximum Gasteiger partial charge on any atom is 0.316 e. The molecule has 0 aliphatic rings. The van der Waals surface area contributed by atoms with E-state index in [-0.39, 0.29) is 0 Å². The van der Waals surface area contributed by atoms with Gasteiger partial charge in [0.15, 0.2) is 0 Å². The van der Waals surface area contributed by atoms with Crippen LogP contribution in [0.1, 0.15) is 0 Å². The fraction of sp³-hybridized carbons (Fsp3) is 1.00. The lowest BCUT2D eigenvalue weighted by atomic mass is 10.4. The number of halogens is 10. The number of rotatable bonds is 4. The van der Waals surface area contributed by atoms with Gasteiger partial charge in [-0.3, -0.25) is 0 Å². The molecule has 0 atom stereocenters. The molecule has 0 rings (SSSR count). The molecule has 0 radical (unpaired) electrons. The first-order valence-corrected chi connectivity index (χ1v) is 5.94. The van der Waals surface area contributed by atoms with Crippen molar-refractivity contribution in [2.45, 2.75) is 19.4 Å². The maximum atomic E-state index is 12.9. The van der Waals surface area contributed by atoms with Crippen LogP contribution in [0.5, 0.6) is 0 Å². The molecule has 0 unspecified atom stereocenters. The number of alkyl halides is 10. The second-order valence-electron chi connectivity index (χ2n) is 2.90. The van der Waals surface area contributed by atoms with Crippen LogP contribution in [-0.4, -0.2) is 32.6 Å². The molecule has 0 aliphatic heterocycles. The summed E-state index contributed by atoms with van der Waals surface area (Å²) in [6, 6.07) is 0. The first-order valence-electron chi connectivity index (χ1n) is 3.67. The summed E-state index contributed by atoms with van der Waals surface area (Å²) in [5, 5.41) is 0. The van der Waals surface area contributed by atoms with Crippen molar-refractivity contribution in [3.05, 3.63) is 0 Å². The molecular formula is C6H4Cl6F4O. The van der Waals surface area contributed by atoms with Crippen molar-refractivity contribution in [2.24, 2.45) is 0 Å². The van der Waals surface area contributed by atoms with Crippen molar-refractivity contribution in [3.63, 3.8) is 0 Å². The van der Waals surface area contributed by atoms with Gasteiger partial charge in [0.05, 0.1) is 0 Å². The molecule has 0 aromatic rings. The normalized spacial score (nSPS) is 15.2. The molecule has 0 fully saturated rings. The third-order valence-electron chi connectivity index (χ3n) is 1.40. The highest BCUT2D eigenvalue weighted by molar-refractivity contribution is 6.68. The van der Waals surface area contributed by atoms with Crippen molar-refractivity contribution in [2.75, 3.05) is 13.2 Å². The second kappa shape index (κ2) is 5.81. The van der Waals surface area contributed by atoms with Gasteiger partial charge in [-0.05, 0) is 0 Å². The molecule has 0 saturated heterocycles. The van der Waals surface area contributed by atoms with Crippen LogP contribution in [0.4, 0.5) is 17.6 Å². The van der Waals surface area contributed by atoms with E-state index in [0.717, 1.165) is 0 Å². The fourth-order valence-corrected chi connectivity index (χ4v) is 0.798. The van der Waals surface area contributed by atoms with E-state index in [0.29, 0.717) is 0 Å². The summed E-state index contributed by atoms with van der Waals surface area (Å²) in [6.45, 7) is -3.11. The Morgan fingerprint density at radius 2 is 0.882 bits per heavy atom. The van der Waals surface area contributed by atoms with Crippen LogP contribution in [0.15, 0.2) is 0 Å². The van der Waals surface area contributed by atoms with Crippen LogP contribution < -0.4 is 0 Å². The molecule has 1 nitrogen and oxygen atoms in total. The minimum absolute atomic E-state index is 1.56. The average Bonchev–Trinajstić information content (AvgIpc) is 1.98. The Kier molecular flexibility index (Phi) is 6.30. The topological polar surface area (TPSA) is 9.23 Å². The van der Waals surface area contributed by atoms with E-state index in [4.69, 9.17) is 69.6 Å². The molecule has 0 amide bonds. The molecule has 0 saturated carbocycles. The smallest absolute Gasteiger partial charge is 0.316 e. The van der Waals surface area contributed by atoms with Crippen molar-refractivity contribution in [1.82, 2.24) is 0 Å². The van der Waals surface area contributed by atoms with Crippen molar-refractivity contribution < 1.29 is 22.3 Å². The van der Waals surface area contributed by atoms with Gasteiger partial charge in [0.25, 0.3) is 7.59 Å². The summed E-state index contributed by atoms with van der Waals surface area (Å²) in [7, 11) is 0. The predicted octanol–water partition coefficient (Wildman–Crippen LogP) is 5.01. The molecule has 0 aromatic carbocycles. The summed E-state index contributed by atoms with van der Waals surface area (Å²) in [5.74, 6) is -7.91. The van der Waals surface area contributed by atoms with Gasteiger partial charge in [0, 0.05) is 0 Å². The summed E-state index contributed by atoms with van der Waals surface area (Å²) in [4.78, 5) is 0. The van der Waals surface area contributed by atoms with Gasteiger partial charge in [0.2, 0.25) is 0 Å². The van der Waals surface area contributed by atoms with Crippen LogP contribution in [0.3, 0.4) is 0 Å². The van der Waals surface area contributed by atoms with E-state index < -0.39 is 32.6 Å². The maximum absolute atomic E-state index is 12.9. The quantitative estimate of drug-likeness (QED) is 0.492. The van der Waals surface area contributed by atoms with Gasteiger partial charge in [-0.25, -0.2) is 0 Å². The summed E-state index contributed by atoms with van der Waals surface area (Å²) in [6.07, 6.45) is 0. The van der Waals surface area contributed by atoms with Crippen molar-refractivity contribution in [3.8, 4) is 0 Å². The molecule has 0 bridgehead atoms. The van der Waals surface area contributed by atoms with Gasteiger partial charge < -0.3 is 4.74 Å². The summed E-state index contributed by atoms with van der Waals surface area (Å²) in [5.41, 5.74) is 0. The Morgan fingerprint density at radius 1 is 0.647 bits per heavy atom. The Balaban J connectivity index is 4.36. The average molecular weight is 381 g/mol. The standard InChI is InChI=1S/C6H4Cl6F4O/c7-5(8,9)3(13,14)1-17-2-4(15,16)6(10,11)12/h1-2H2. The van der Waals surface area contributed by atoms with Crippen LogP contribution >= 0.6 is 69.6 Å². The number of hydrogen-bond donors (Lipinski definition) is 0. The lowest BCUT2D eigenvalue weighted by molar-refractivity contribution is -0.125. The van der Waals surface area contributed by atoms with Gasteiger partial charge in [-0.15, -0.1) is 0 Å². The van der Waals surface area contributed by atoms with Crippen LogP contribution in [0.2, 0.25) is 0 Å². The van der Waals surface area contributed by atoms with Crippen LogP contribution in [0, 0.1) is 0 Å². The molecule has 0 spiro atoms. The van der Waals surface area contributed by atoms with E-state index in [9.17, 15) is 17.6 Å². The lowest BCUT2D eigenvalue weighted by Gasteiger charge is -2.27. The Bertz CT molecular complexity index is 234. The number of ether oxygens (including phenoxy) is 1. The summed E-state index contributed by atoms with van der Waals surface area (Å²) >= 11 is 29.4. The largest absolute Gasteiger partial charge is 0.369 e. The molecule has 0 aliphatic carbocycles. The first kappa shape index (κ1) is 18.4. The minimum atomic E-state index is -3.96. The zero-order valence-corrected chi connectivity index (χ0v) is 12.1. The van der Waals surface area contributed by atoms with Gasteiger partial charge in [-0.1, -0.05) is 69.6 Å². The Hall–Kier alpha value is 1.42. The van der Waals surface area contributed by atoms with Gasteiger partial charge >= 0.3 is 11.8 Å². The second-order valence-corrected chi connectivity index (χ2v) is 7.46. The monoisotopic (exact) mass is 378 g/mol. The molecule has 17 heavy (non-hydrogen) atoms. The minimum Gasteiger partial charge on any atom is -0.369 e. The van der Waals surface area contributed by atoms with E-state index in [1.54, 1.807) is 0 Å². The fourth-order valence-electron chi connectivity index (χ4n) is 0.471. The van der Waals surface area contributed by atoms with E-state index in [2.05, 4.69) is 4.74 Å². The van der Waals surface area contributed by atoms with Crippen molar-refractivity contribution >= 4 is 69.6 Å². The molecule has 11 heteroatoms. The SMILES string of the molecule is FC(F)(COCC(F)(F)C(Cl)(Cl)Cl)C(Cl)(Cl)Cl. The first-order chi connectivity index (χ1) is 7.21. The van der Waals surface area contributed by atoms with Gasteiger partial charge in [-0.2, -0.15) is 17.6 Å². The highest BCUT2D eigenvalue weighted by Gasteiger charge is 2.54. The number of hydrogen-bond acceptors (Lipinski definition) is 1. The summed E-state index contributed by atoms with van der Waals surface area (Å²) < 4.78 is 49.8. The Morgan fingerprint density at radius 3 is 1.06 bits per heavy atom. The molecule has 0 heterocycles. The third-order valence-corrected chi connectivity index (χ3v) is 3.06. The zero-order chi connectivity index (χ0) is 14.1.